The van der Waals surface area contributed by atoms with Crippen LogP contribution in [0.3, 0.4) is 0 Å². The largest absolute Gasteiger partial charge is 0.327 e. The zero-order valence-electron chi connectivity index (χ0n) is 17.3. The van der Waals surface area contributed by atoms with Crippen molar-refractivity contribution in [3.8, 4) is 0 Å². The number of aryl methyl sites for hydroxylation is 1. The molecule has 0 N–H and O–H groups in total. The van der Waals surface area contributed by atoms with Crippen LogP contribution in [0.1, 0.15) is 61.9 Å². The van der Waals surface area contributed by atoms with Crippen molar-refractivity contribution in [2.24, 2.45) is 0 Å². The Balaban J connectivity index is 1.78. The Labute approximate surface area is 174 Å². The average Bonchev–Trinajstić information content (AvgIpc) is 3.13. The molecule has 0 radical (unpaired) electrons. The van der Waals surface area contributed by atoms with Crippen LogP contribution in [0.15, 0.2) is 84.9 Å². The average molecular weight is 383 g/mol. The minimum Gasteiger partial charge on any atom is -0.327 e. The molecule has 148 valence electrons. The molecule has 0 amide bonds. The molecule has 0 aliphatic carbocycles. The molecule has 0 saturated carbocycles. The van der Waals surface area contributed by atoms with Crippen LogP contribution in [0.4, 0.5) is 0 Å². The zero-order valence-corrected chi connectivity index (χ0v) is 17.3. The summed E-state index contributed by atoms with van der Waals surface area (Å²) < 4.78 is 2.46. The Hall–Kier alpha value is -2.87. The Bertz CT molecular complexity index is 979. The number of benzene rings is 3. The van der Waals surface area contributed by atoms with Crippen LogP contribution in [0, 0.1) is 0 Å². The summed E-state index contributed by atoms with van der Waals surface area (Å²) in [4.78, 5) is 5.14. The Morgan fingerprint density at radius 2 is 1.28 bits per heavy atom. The molecule has 0 atom stereocenters. The maximum absolute atomic E-state index is 5.14. The van der Waals surface area contributed by atoms with Crippen molar-refractivity contribution < 1.29 is 0 Å². The van der Waals surface area contributed by atoms with Gasteiger partial charge in [-0.25, -0.2) is 4.98 Å². The maximum Gasteiger partial charge on any atom is 0.121 e. The van der Waals surface area contributed by atoms with Crippen LogP contribution in [0.25, 0.3) is 11.0 Å². The molecule has 1 heterocycles. The van der Waals surface area contributed by atoms with E-state index in [9.17, 15) is 0 Å². The van der Waals surface area contributed by atoms with Crippen molar-refractivity contribution in [1.82, 2.24) is 9.55 Å². The van der Waals surface area contributed by atoms with E-state index in [-0.39, 0.29) is 5.92 Å². The van der Waals surface area contributed by atoms with E-state index in [0.29, 0.717) is 0 Å². The first-order valence-corrected chi connectivity index (χ1v) is 10.9. The number of hydrogen-bond acceptors (Lipinski definition) is 1. The first-order valence-electron chi connectivity index (χ1n) is 10.9. The standard InChI is InChI=1S/C27H30N2/c1-2-3-4-5-14-21-29-25-20-13-12-19-24(25)28-27(29)26(22-15-8-6-9-16-22)23-17-10-7-11-18-23/h6-13,15-20,26H,2-5,14,21H2,1H3. The van der Waals surface area contributed by atoms with Gasteiger partial charge in [0.15, 0.2) is 0 Å². The van der Waals surface area contributed by atoms with Crippen LogP contribution in [0.2, 0.25) is 0 Å². The van der Waals surface area contributed by atoms with Gasteiger partial charge in [-0.3, -0.25) is 0 Å². The second-order valence-corrected chi connectivity index (χ2v) is 7.78. The van der Waals surface area contributed by atoms with Gasteiger partial charge in [0.25, 0.3) is 0 Å². The summed E-state index contributed by atoms with van der Waals surface area (Å²) in [5.41, 5.74) is 4.92. The smallest absolute Gasteiger partial charge is 0.121 e. The van der Waals surface area contributed by atoms with E-state index < -0.39 is 0 Å². The van der Waals surface area contributed by atoms with Crippen molar-refractivity contribution in [2.45, 2.75) is 51.5 Å². The fourth-order valence-electron chi connectivity index (χ4n) is 4.20. The highest BCUT2D eigenvalue weighted by molar-refractivity contribution is 5.76. The Morgan fingerprint density at radius 3 is 1.93 bits per heavy atom. The molecule has 0 aliphatic heterocycles. The Kier molecular flexibility index (Phi) is 6.41. The van der Waals surface area contributed by atoms with E-state index in [4.69, 9.17) is 4.98 Å². The lowest BCUT2D eigenvalue weighted by atomic mass is 9.90. The number of nitrogens with zero attached hydrogens (tertiary/aromatic N) is 2. The monoisotopic (exact) mass is 382 g/mol. The molecule has 0 aliphatic rings. The number of rotatable bonds is 9. The molecular formula is C27H30N2. The molecule has 2 heteroatoms. The van der Waals surface area contributed by atoms with Crippen molar-refractivity contribution in [3.63, 3.8) is 0 Å². The van der Waals surface area contributed by atoms with Crippen molar-refractivity contribution >= 4 is 11.0 Å². The van der Waals surface area contributed by atoms with Gasteiger partial charge in [-0.1, -0.05) is 105 Å². The lowest BCUT2D eigenvalue weighted by Crippen LogP contribution is -2.12. The van der Waals surface area contributed by atoms with Gasteiger partial charge in [-0.15, -0.1) is 0 Å². The highest BCUT2D eigenvalue weighted by atomic mass is 15.1. The minimum absolute atomic E-state index is 0.139. The SMILES string of the molecule is CCCCCCCn1c(C(c2ccccc2)c2ccccc2)nc2ccccc21. The molecule has 0 fully saturated rings. The van der Waals surface area contributed by atoms with Gasteiger partial charge in [-0.2, -0.15) is 0 Å². The fraction of sp³-hybridized carbons (Fsp3) is 0.296. The molecule has 0 unspecified atom stereocenters. The van der Waals surface area contributed by atoms with Crippen LogP contribution < -0.4 is 0 Å². The molecule has 2 nitrogen and oxygen atoms in total. The number of aromatic nitrogens is 2. The third-order valence-corrected chi connectivity index (χ3v) is 5.69. The predicted octanol–water partition coefficient (Wildman–Crippen LogP) is 7.19. The quantitative estimate of drug-likeness (QED) is 0.280. The highest BCUT2D eigenvalue weighted by Gasteiger charge is 2.23. The molecule has 0 spiro atoms. The second-order valence-electron chi connectivity index (χ2n) is 7.78. The van der Waals surface area contributed by atoms with Gasteiger partial charge in [0, 0.05) is 6.54 Å². The fourth-order valence-corrected chi connectivity index (χ4v) is 4.20. The third-order valence-electron chi connectivity index (χ3n) is 5.69. The lowest BCUT2D eigenvalue weighted by Gasteiger charge is -2.20. The summed E-state index contributed by atoms with van der Waals surface area (Å²) in [6, 6.07) is 30.1. The Morgan fingerprint density at radius 1 is 0.690 bits per heavy atom. The number of hydrogen-bond donors (Lipinski definition) is 0. The topological polar surface area (TPSA) is 17.8 Å². The van der Waals surface area contributed by atoms with E-state index in [1.807, 2.05) is 0 Å². The molecule has 1 aromatic heterocycles. The van der Waals surface area contributed by atoms with Crippen LogP contribution in [-0.2, 0) is 6.54 Å². The van der Waals surface area contributed by atoms with Gasteiger partial charge >= 0.3 is 0 Å². The number of fused-ring (bicyclic) bond motifs is 1. The predicted molar refractivity (Wildman–Crippen MR) is 122 cm³/mol. The first kappa shape index (κ1) is 19.4. The van der Waals surface area contributed by atoms with E-state index >= 15 is 0 Å². The summed E-state index contributed by atoms with van der Waals surface area (Å²) in [7, 11) is 0. The lowest BCUT2D eigenvalue weighted by molar-refractivity contribution is 0.559. The van der Waals surface area contributed by atoms with Crippen LogP contribution in [0.5, 0.6) is 0 Å². The number of imidazole rings is 1. The molecule has 4 rings (SSSR count). The maximum atomic E-state index is 5.14. The summed E-state index contributed by atoms with van der Waals surface area (Å²) in [5.74, 6) is 1.29. The molecule has 3 aromatic carbocycles. The van der Waals surface area contributed by atoms with Crippen LogP contribution in [-0.4, -0.2) is 9.55 Å². The van der Waals surface area contributed by atoms with E-state index in [0.717, 1.165) is 17.9 Å². The molecule has 0 bridgehead atoms. The third kappa shape index (κ3) is 4.42. The van der Waals surface area contributed by atoms with E-state index in [1.165, 1.54) is 48.7 Å². The molecule has 0 saturated heterocycles. The number of para-hydroxylation sites is 2. The summed E-state index contributed by atoms with van der Waals surface area (Å²) in [6.45, 7) is 3.29. The first-order chi connectivity index (χ1) is 14.4. The number of unbranched alkanes of at least 4 members (excludes halogenated alkanes) is 4. The van der Waals surface area contributed by atoms with Gasteiger partial charge in [0.1, 0.15) is 5.82 Å². The minimum atomic E-state index is 0.139. The van der Waals surface area contributed by atoms with Gasteiger partial charge < -0.3 is 4.57 Å². The summed E-state index contributed by atoms with van der Waals surface area (Å²) in [6.07, 6.45) is 6.40. The van der Waals surface area contributed by atoms with E-state index in [1.54, 1.807) is 0 Å². The van der Waals surface area contributed by atoms with Gasteiger partial charge in [0.2, 0.25) is 0 Å². The summed E-state index contributed by atoms with van der Waals surface area (Å²) >= 11 is 0. The molecular weight excluding hydrogens is 352 g/mol. The van der Waals surface area contributed by atoms with E-state index in [2.05, 4.69) is 96.4 Å². The molecule has 29 heavy (non-hydrogen) atoms. The van der Waals surface area contributed by atoms with Crippen molar-refractivity contribution in [3.05, 3.63) is 102 Å². The molecule has 4 aromatic rings. The zero-order chi connectivity index (χ0) is 19.9. The van der Waals surface area contributed by atoms with Crippen molar-refractivity contribution in [2.75, 3.05) is 0 Å². The highest BCUT2D eigenvalue weighted by Crippen LogP contribution is 2.33. The second kappa shape index (κ2) is 9.56. The summed E-state index contributed by atoms with van der Waals surface area (Å²) in [5, 5.41) is 0. The van der Waals surface area contributed by atoms with Gasteiger partial charge in [0.05, 0.1) is 17.0 Å². The normalized spacial score (nSPS) is 11.4. The van der Waals surface area contributed by atoms with Crippen molar-refractivity contribution in [1.29, 1.82) is 0 Å². The van der Waals surface area contributed by atoms with Gasteiger partial charge in [-0.05, 0) is 29.7 Å². The van der Waals surface area contributed by atoms with Crippen LogP contribution >= 0.6 is 0 Å².